The summed E-state index contributed by atoms with van der Waals surface area (Å²) in [6.45, 7) is 6.33. The Morgan fingerprint density at radius 2 is 2.10 bits per heavy atom. The molecule has 0 radical (unpaired) electrons. The lowest BCUT2D eigenvalue weighted by Crippen LogP contribution is -2.31. The van der Waals surface area contributed by atoms with Gasteiger partial charge < -0.3 is 10.3 Å². The molecule has 0 saturated heterocycles. The number of nitrogens with one attached hydrogen (secondary N) is 2. The molecule has 1 aromatic rings. The van der Waals surface area contributed by atoms with Crippen LogP contribution in [0.5, 0.6) is 0 Å². The van der Waals surface area contributed by atoms with Gasteiger partial charge in [0.25, 0.3) is 5.56 Å². The maximum atomic E-state index is 11.7. The highest BCUT2D eigenvalue weighted by Gasteiger charge is 2.41. The first-order chi connectivity index (χ1) is 9.52. The predicted molar refractivity (Wildman–Crippen MR) is 81.0 cm³/mol. The van der Waals surface area contributed by atoms with E-state index in [0.29, 0.717) is 6.04 Å². The fourth-order valence-electron chi connectivity index (χ4n) is 4.07. The van der Waals surface area contributed by atoms with Gasteiger partial charge in [-0.15, -0.1) is 0 Å². The van der Waals surface area contributed by atoms with Crippen LogP contribution >= 0.6 is 0 Å². The molecule has 2 fully saturated rings. The highest BCUT2D eigenvalue weighted by Crippen LogP contribution is 2.49. The summed E-state index contributed by atoms with van der Waals surface area (Å²) in [4.78, 5) is 19.1. The van der Waals surface area contributed by atoms with Crippen LogP contribution in [0.4, 0.5) is 5.82 Å². The van der Waals surface area contributed by atoms with E-state index in [0.717, 1.165) is 29.4 Å². The van der Waals surface area contributed by atoms with Crippen molar-refractivity contribution in [1.29, 1.82) is 0 Å². The molecule has 0 aromatic carbocycles. The average molecular weight is 275 g/mol. The maximum absolute atomic E-state index is 11.7. The molecule has 0 amide bonds. The van der Waals surface area contributed by atoms with Crippen LogP contribution in [0.3, 0.4) is 0 Å². The molecule has 2 saturated carbocycles. The normalized spacial score (nSPS) is 29.9. The maximum Gasteiger partial charge on any atom is 0.252 e. The molecule has 3 rings (SSSR count). The van der Waals surface area contributed by atoms with Crippen LogP contribution in [0.25, 0.3) is 0 Å². The van der Waals surface area contributed by atoms with Crippen molar-refractivity contribution in [2.75, 3.05) is 5.32 Å². The summed E-state index contributed by atoms with van der Waals surface area (Å²) in [5.74, 6) is 4.31. The fourth-order valence-corrected chi connectivity index (χ4v) is 4.07. The topological polar surface area (TPSA) is 57.8 Å². The van der Waals surface area contributed by atoms with Crippen molar-refractivity contribution >= 4 is 5.82 Å². The van der Waals surface area contributed by atoms with E-state index in [2.05, 4.69) is 22.2 Å². The van der Waals surface area contributed by atoms with Crippen molar-refractivity contribution in [3.63, 3.8) is 0 Å². The Labute approximate surface area is 120 Å². The van der Waals surface area contributed by atoms with E-state index in [1.165, 1.54) is 25.7 Å². The van der Waals surface area contributed by atoms with Gasteiger partial charge in [0.15, 0.2) is 0 Å². The van der Waals surface area contributed by atoms with Crippen LogP contribution in [0, 0.1) is 17.8 Å². The molecule has 1 aromatic heterocycles. The van der Waals surface area contributed by atoms with E-state index in [-0.39, 0.29) is 11.5 Å². The Morgan fingerprint density at radius 3 is 2.70 bits per heavy atom. The summed E-state index contributed by atoms with van der Waals surface area (Å²) in [6, 6.07) is 1.98. The summed E-state index contributed by atoms with van der Waals surface area (Å²) in [6.07, 6.45) is 5.58. The van der Waals surface area contributed by atoms with Crippen molar-refractivity contribution in [2.45, 2.75) is 58.4 Å². The second-order valence-electron chi connectivity index (χ2n) is 6.94. The molecule has 4 unspecified atom stereocenters. The lowest BCUT2D eigenvalue weighted by Gasteiger charge is -2.29. The number of H-pyrrole nitrogens is 1. The Balaban J connectivity index is 1.72. The van der Waals surface area contributed by atoms with E-state index < -0.39 is 0 Å². The molecule has 4 nitrogen and oxygen atoms in total. The Hall–Kier alpha value is -1.32. The molecule has 0 aliphatic heterocycles. The first kappa shape index (κ1) is 13.7. The molecule has 1 heterocycles. The molecule has 20 heavy (non-hydrogen) atoms. The molecule has 2 N–H and O–H groups in total. The van der Waals surface area contributed by atoms with E-state index in [1.54, 1.807) is 6.07 Å². The van der Waals surface area contributed by atoms with Gasteiger partial charge in [0.2, 0.25) is 0 Å². The van der Waals surface area contributed by atoms with Gasteiger partial charge >= 0.3 is 0 Å². The summed E-state index contributed by atoms with van der Waals surface area (Å²) in [5, 5.41) is 3.47. The number of fused-ring (bicyclic) bond motifs is 2. The van der Waals surface area contributed by atoms with Crippen LogP contribution < -0.4 is 10.9 Å². The summed E-state index contributed by atoms with van der Waals surface area (Å²) in [7, 11) is 0. The smallest absolute Gasteiger partial charge is 0.252 e. The Kier molecular flexibility index (Phi) is 3.57. The van der Waals surface area contributed by atoms with Gasteiger partial charge in [-0.25, -0.2) is 4.98 Å². The fraction of sp³-hybridized carbons (Fsp3) is 0.750. The van der Waals surface area contributed by atoms with Gasteiger partial charge in [-0.3, -0.25) is 4.79 Å². The molecular formula is C16H25N3O. The molecular weight excluding hydrogens is 250 g/mol. The van der Waals surface area contributed by atoms with E-state index in [9.17, 15) is 4.79 Å². The van der Waals surface area contributed by atoms with Crippen molar-refractivity contribution in [3.05, 3.63) is 22.2 Å². The second-order valence-corrected chi connectivity index (χ2v) is 6.94. The molecule has 2 aliphatic rings. The minimum Gasteiger partial charge on any atom is -0.367 e. The molecule has 0 spiro atoms. The van der Waals surface area contributed by atoms with Gasteiger partial charge in [0.1, 0.15) is 11.6 Å². The lowest BCUT2D eigenvalue weighted by atomic mass is 9.84. The highest BCUT2D eigenvalue weighted by molar-refractivity contribution is 5.35. The second kappa shape index (κ2) is 5.23. The van der Waals surface area contributed by atoms with Crippen LogP contribution in [0.15, 0.2) is 10.9 Å². The van der Waals surface area contributed by atoms with Gasteiger partial charge in [0, 0.05) is 18.0 Å². The van der Waals surface area contributed by atoms with E-state index >= 15 is 0 Å². The SMILES string of the molecule is CC(C)c1nc(NC(C)C2CC3CCC2C3)cc(=O)[nH]1. The van der Waals surface area contributed by atoms with Crippen molar-refractivity contribution in [3.8, 4) is 0 Å². The van der Waals surface area contributed by atoms with Crippen molar-refractivity contribution in [2.24, 2.45) is 17.8 Å². The number of nitrogens with zero attached hydrogens (tertiary/aromatic N) is 1. The summed E-state index contributed by atoms with van der Waals surface area (Å²) < 4.78 is 0. The molecule has 4 heteroatoms. The third-order valence-corrected chi connectivity index (χ3v) is 5.12. The van der Waals surface area contributed by atoms with Gasteiger partial charge in [-0.1, -0.05) is 20.3 Å². The minimum absolute atomic E-state index is 0.0636. The number of aromatic amines is 1. The average Bonchev–Trinajstić information content (AvgIpc) is 3.00. The number of anilines is 1. The molecule has 2 aliphatic carbocycles. The van der Waals surface area contributed by atoms with Crippen LogP contribution in [0.1, 0.15) is 58.2 Å². The van der Waals surface area contributed by atoms with Crippen LogP contribution in [-0.2, 0) is 0 Å². The van der Waals surface area contributed by atoms with Crippen LogP contribution in [0.2, 0.25) is 0 Å². The zero-order chi connectivity index (χ0) is 14.3. The lowest BCUT2D eigenvalue weighted by molar-refractivity contribution is 0.304. The van der Waals surface area contributed by atoms with Gasteiger partial charge in [-0.2, -0.15) is 0 Å². The number of aromatic nitrogens is 2. The van der Waals surface area contributed by atoms with Crippen molar-refractivity contribution < 1.29 is 0 Å². The van der Waals surface area contributed by atoms with Gasteiger partial charge in [-0.05, 0) is 43.9 Å². The first-order valence-corrected chi connectivity index (χ1v) is 7.90. The molecule has 110 valence electrons. The summed E-state index contributed by atoms with van der Waals surface area (Å²) >= 11 is 0. The largest absolute Gasteiger partial charge is 0.367 e. The number of rotatable bonds is 4. The minimum atomic E-state index is -0.0636. The quantitative estimate of drug-likeness (QED) is 0.887. The van der Waals surface area contributed by atoms with Crippen LogP contribution in [-0.4, -0.2) is 16.0 Å². The highest BCUT2D eigenvalue weighted by atomic mass is 16.1. The summed E-state index contributed by atoms with van der Waals surface area (Å²) in [5.41, 5.74) is -0.0636. The Morgan fingerprint density at radius 1 is 1.30 bits per heavy atom. The molecule has 2 bridgehead atoms. The Bertz CT molecular complexity index is 537. The first-order valence-electron chi connectivity index (χ1n) is 7.90. The zero-order valence-electron chi connectivity index (χ0n) is 12.6. The third kappa shape index (κ3) is 2.60. The number of hydrogen-bond acceptors (Lipinski definition) is 3. The van der Waals surface area contributed by atoms with E-state index in [4.69, 9.17) is 0 Å². The van der Waals surface area contributed by atoms with E-state index in [1.807, 2.05) is 13.8 Å². The van der Waals surface area contributed by atoms with Crippen molar-refractivity contribution in [1.82, 2.24) is 9.97 Å². The van der Waals surface area contributed by atoms with Gasteiger partial charge in [0.05, 0.1) is 0 Å². The third-order valence-electron chi connectivity index (χ3n) is 5.12. The standard InChI is InChI=1S/C16H25N3O/c1-9(2)16-18-14(8-15(20)19-16)17-10(3)13-7-11-4-5-12(13)6-11/h8-13H,4-7H2,1-3H3,(H2,17,18,19,20). The monoisotopic (exact) mass is 275 g/mol. The molecule has 4 atom stereocenters. The number of hydrogen-bond donors (Lipinski definition) is 2. The predicted octanol–water partition coefficient (Wildman–Crippen LogP) is 3.13. The zero-order valence-corrected chi connectivity index (χ0v) is 12.6.